The van der Waals surface area contributed by atoms with Crippen LogP contribution in [0.25, 0.3) is 0 Å². The normalized spacial score (nSPS) is 11.9. The van der Waals surface area contributed by atoms with Crippen molar-refractivity contribution in [3.63, 3.8) is 0 Å². The number of carbonyl (C=O) groups is 2. The fraction of sp³-hybridized carbons (Fsp3) is 0.455. The van der Waals surface area contributed by atoms with Crippen molar-refractivity contribution in [1.82, 2.24) is 10.6 Å². The standard InChI is InChI=1S/C11H16N2O2S2/c1-7-3-4-9(17-7)5-12-11(15)10(6-16)13-8(2)14/h3-4,10,16H,5-6H2,1-2H3,(H,12,15)(H,13,14). The zero-order valence-corrected chi connectivity index (χ0v) is 11.5. The molecule has 1 rings (SSSR count). The summed E-state index contributed by atoms with van der Waals surface area (Å²) in [5.74, 6) is -0.151. The molecule has 0 saturated carbocycles. The molecule has 2 N–H and O–H groups in total. The molecule has 1 aromatic rings. The van der Waals surface area contributed by atoms with E-state index in [1.807, 2.05) is 19.1 Å². The molecule has 0 aliphatic rings. The second-order valence-electron chi connectivity index (χ2n) is 3.67. The van der Waals surface area contributed by atoms with E-state index in [1.165, 1.54) is 11.8 Å². The second-order valence-corrected chi connectivity index (χ2v) is 5.40. The van der Waals surface area contributed by atoms with E-state index in [1.54, 1.807) is 11.3 Å². The molecule has 0 aliphatic heterocycles. The van der Waals surface area contributed by atoms with E-state index in [0.717, 1.165) is 4.88 Å². The summed E-state index contributed by atoms with van der Waals surface area (Å²) in [5.41, 5.74) is 0. The van der Waals surface area contributed by atoms with Crippen molar-refractivity contribution in [3.8, 4) is 0 Å². The maximum atomic E-state index is 11.7. The lowest BCUT2D eigenvalue weighted by molar-refractivity contribution is -0.127. The summed E-state index contributed by atoms with van der Waals surface area (Å²) in [7, 11) is 0. The zero-order valence-electron chi connectivity index (χ0n) is 9.82. The Labute approximate surface area is 110 Å². The Hall–Kier alpha value is -1.01. The van der Waals surface area contributed by atoms with E-state index in [0.29, 0.717) is 6.54 Å². The Balaban J connectivity index is 2.44. The minimum absolute atomic E-state index is 0.207. The fourth-order valence-electron chi connectivity index (χ4n) is 1.32. The molecule has 1 heterocycles. The molecule has 1 atom stereocenters. The van der Waals surface area contributed by atoms with Crippen LogP contribution < -0.4 is 10.6 Å². The van der Waals surface area contributed by atoms with Gasteiger partial charge in [0, 0.05) is 22.4 Å². The lowest BCUT2D eigenvalue weighted by atomic mass is 10.3. The number of amides is 2. The van der Waals surface area contributed by atoms with Crippen molar-refractivity contribution in [2.24, 2.45) is 0 Å². The maximum absolute atomic E-state index is 11.7. The highest BCUT2D eigenvalue weighted by Crippen LogP contribution is 2.14. The number of hydrogen-bond acceptors (Lipinski definition) is 4. The van der Waals surface area contributed by atoms with Crippen LogP contribution in [0.2, 0.25) is 0 Å². The van der Waals surface area contributed by atoms with Gasteiger partial charge in [-0.25, -0.2) is 0 Å². The Kier molecular flexibility index (Phi) is 5.50. The third kappa shape index (κ3) is 4.79. The summed E-state index contributed by atoms with van der Waals surface area (Å²) in [6.45, 7) is 3.89. The average Bonchev–Trinajstić information content (AvgIpc) is 2.68. The van der Waals surface area contributed by atoms with Crippen molar-refractivity contribution in [3.05, 3.63) is 21.9 Å². The maximum Gasteiger partial charge on any atom is 0.243 e. The molecule has 4 nitrogen and oxygen atoms in total. The van der Waals surface area contributed by atoms with Crippen LogP contribution in [0.15, 0.2) is 12.1 Å². The van der Waals surface area contributed by atoms with Gasteiger partial charge >= 0.3 is 0 Å². The first-order valence-corrected chi connectivity index (χ1v) is 6.69. The van der Waals surface area contributed by atoms with Gasteiger partial charge in [-0.3, -0.25) is 9.59 Å². The molecule has 2 amide bonds. The van der Waals surface area contributed by atoms with Crippen molar-refractivity contribution in [1.29, 1.82) is 0 Å². The van der Waals surface area contributed by atoms with Crippen molar-refractivity contribution >= 4 is 35.8 Å². The van der Waals surface area contributed by atoms with Gasteiger partial charge in [0.15, 0.2) is 0 Å². The predicted molar refractivity (Wildman–Crippen MR) is 72.4 cm³/mol. The summed E-state index contributed by atoms with van der Waals surface area (Å²) in [5, 5.41) is 5.32. The number of rotatable bonds is 5. The van der Waals surface area contributed by atoms with Crippen LogP contribution in [0.4, 0.5) is 0 Å². The molecule has 17 heavy (non-hydrogen) atoms. The number of nitrogens with one attached hydrogen (secondary N) is 2. The van der Waals surface area contributed by atoms with E-state index in [9.17, 15) is 9.59 Å². The molecule has 0 aromatic carbocycles. The largest absolute Gasteiger partial charge is 0.349 e. The van der Waals surface area contributed by atoms with Gasteiger partial charge in [0.2, 0.25) is 11.8 Å². The Bertz CT molecular complexity index is 404. The Morgan fingerprint density at radius 2 is 2.18 bits per heavy atom. The van der Waals surface area contributed by atoms with Gasteiger partial charge < -0.3 is 10.6 Å². The summed E-state index contributed by atoms with van der Waals surface area (Å²) < 4.78 is 0. The van der Waals surface area contributed by atoms with Gasteiger partial charge in [-0.05, 0) is 19.1 Å². The molecule has 0 saturated heterocycles. The van der Waals surface area contributed by atoms with Crippen molar-refractivity contribution in [2.75, 3.05) is 5.75 Å². The van der Waals surface area contributed by atoms with Gasteiger partial charge in [-0.1, -0.05) is 0 Å². The van der Waals surface area contributed by atoms with Crippen LogP contribution in [0.3, 0.4) is 0 Å². The first-order valence-electron chi connectivity index (χ1n) is 5.24. The van der Waals surface area contributed by atoms with E-state index in [2.05, 4.69) is 23.3 Å². The second kappa shape index (κ2) is 6.66. The highest BCUT2D eigenvalue weighted by atomic mass is 32.1. The molecule has 6 heteroatoms. The van der Waals surface area contributed by atoms with Crippen LogP contribution in [0.5, 0.6) is 0 Å². The average molecular weight is 272 g/mol. The zero-order chi connectivity index (χ0) is 12.8. The topological polar surface area (TPSA) is 58.2 Å². The summed E-state index contributed by atoms with van der Waals surface area (Å²) >= 11 is 5.68. The van der Waals surface area contributed by atoms with Crippen LogP contribution in [-0.2, 0) is 16.1 Å². The highest BCUT2D eigenvalue weighted by molar-refractivity contribution is 7.80. The van der Waals surface area contributed by atoms with Crippen molar-refractivity contribution < 1.29 is 9.59 Å². The Morgan fingerprint density at radius 3 is 2.65 bits per heavy atom. The monoisotopic (exact) mass is 272 g/mol. The van der Waals surface area contributed by atoms with E-state index in [4.69, 9.17) is 0 Å². The van der Waals surface area contributed by atoms with Gasteiger partial charge in [0.25, 0.3) is 0 Å². The minimum Gasteiger partial charge on any atom is -0.349 e. The molecule has 0 bridgehead atoms. The van der Waals surface area contributed by atoms with Gasteiger partial charge in [-0.15, -0.1) is 11.3 Å². The third-order valence-electron chi connectivity index (χ3n) is 2.11. The van der Waals surface area contributed by atoms with Gasteiger partial charge in [-0.2, -0.15) is 12.6 Å². The third-order valence-corrected chi connectivity index (χ3v) is 3.48. The number of thiol groups is 1. The molecule has 1 unspecified atom stereocenters. The molecule has 0 fully saturated rings. The lowest BCUT2D eigenvalue weighted by Crippen LogP contribution is -2.46. The van der Waals surface area contributed by atoms with Gasteiger partial charge in [0.05, 0.1) is 6.54 Å². The van der Waals surface area contributed by atoms with Gasteiger partial charge in [0.1, 0.15) is 6.04 Å². The SMILES string of the molecule is CC(=O)NC(CS)C(=O)NCc1ccc(C)s1. The van der Waals surface area contributed by atoms with E-state index < -0.39 is 6.04 Å². The molecule has 0 spiro atoms. The summed E-state index contributed by atoms with van der Waals surface area (Å²) in [6, 6.07) is 3.42. The lowest BCUT2D eigenvalue weighted by Gasteiger charge is -2.14. The van der Waals surface area contributed by atoms with E-state index in [-0.39, 0.29) is 17.6 Å². The van der Waals surface area contributed by atoms with Crippen molar-refractivity contribution in [2.45, 2.75) is 26.4 Å². The highest BCUT2D eigenvalue weighted by Gasteiger charge is 2.17. The quantitative estimate of drug-likeness (QED) is 0.703. The number of hydrogen-bond donors (Lipinski definition) is 3. The Morgan fingerprint density at radius 1 is 1.47 bits per heavy atom. The van der Waals surface area contributed by atoms with E-state index >= 15 is 0 Å². The molecule has 94 valence electrons. The minimum atomic E-state index is -0.572. The number of thiophene rings is 1. The van der Waals surface area contributed by atoms with Crippen LogP contribution >= 0.6 is 24.0 Å². The number of carbonyl (C=O) groups excluding carboxylic acids is 2. The van der Waals surface area contributed by atoms with Crippen LogP contribution in [-0.4, -0.2) is 23.6 Å². The number of aryl methyl sites for hydroxylation is 1. The smallest absolute Gasteiger partial charge is 0.243 e. The van der Waals surface area contributed by atoms with Crippen LogP contribution in [0.1, 0.15) is 16.7 Å². The molecule has 0 radical (unpaired) electrons. The molecular formula is C11H16N2O2S2. The molecule has 0 aliphatic carbocycles. The molecular weight excluding hydrogens is 256 g/mol. The first-order chi connectivity index (χ1) is 8.02. The first kappa shape index (κ1) is 14.1. The fourth-order valence-corrected chi connectivity index (χ4v) is 2.40. The van der Waals surface area contributed by atoms with Crippen LogP contribution in [0, 0.1) is 6.92 Å². The molecule has 1 aromatic heterocycles. The summed E-state index contributed by atoms with van der Waals surface area (Å²) in [6.07, 6.45) is 0. The predicted octanol–water partition coefficient (Wildman–Crippen LogP) is 1.11. The summed E-state index contributed by atoms with van der Waals surface area (Å²) in [4.78, 5) is 24.9.